The molecule has 0 aliphatic heterocycles. The average molecular weight is 335 g/mol. The summed E-state index contributed by atoms with van der Waals surface area (Å²) >= 11 is 0. The molecule has 2 aliphatic rings. The molecular formula is C23H29NO. The molecule has 0 radical (unpaired) electrons. The van der Waals surface area contributed by atoms with Crippen LogP contribution in [-0.4, -0.2) is 13.2 Å². The maximum Gasteiger partial charge on any atom is 0.118 e. The second-order valence-electron chi connectivity index (χ2n) is 7.96. The van der Waals surface area contributed by atoms with Crippen molar-refractivity contribution >= 4 is 0 Å². The van der Waals surface area contributed by atoms with Crippen LogP contribution in [0.5, 0.6) is 5.75 Å². The number of nitrogens with two attached hydrogens (primary N) is 1. The van der Waals surface area contributed by atoms with Gasteiger partial charge in [0.05, 0.1) is 7.11 Å². The number of hydrogen-bond donors (Lipinski definition) is 1. The largest absolute Gasteiger partial charge is 0.497 e. The third-order valence-corrected chi connectivity index (χ3v) is 6.19. The van der Waals surface area contributed by atoms with Gasteiger partial charge >= 0.3 is 0 Å². The monoisotopic (exact) mass is 335 g/mol. The van der Waals surface area contributed by atoms with E-state index in [-0.39, 0.29) is 0 Å². The van der Waals surface area contributed by atoms with Crippen LogP contribution in [0.4, 0.5) is 0 Å². The van der Waals surface area contributed by atoms with Gasteiger partial charge in [0.2, 0.25) is 0 Å². The minimum absolute atomic E-state index is 0.412. The number of fused-ring (bicyclic) bond motifs is 1. The molecule has 2 nitrogen and oxygen atoms in total. The average Bonchev–Trinajstić information content (AvgIpc) is 3.08. The first-order chi connectivity index (χ1) is 12.2. The van der Waals surface area contributed by atoms with Crippen molar-refractivity contribution in [2.45, 2.75) is 56.9 Å². The van der Waals surface area contributed by atoms with Crippen LogP contribution in [0, 0.1) is 5.92 Å². The number of hydrogen-bond acceptors (Lipinski definition) is 2. The number of benzene rings is 2. The molecule has 4 rings (SSSR count). The molecule has 25 heavy (non-hydrogen) atoms. The fourth-order valence-electron chi connectivity index (χ4n) is 4.69. The van der Waals surface area contributed by atoms with Crippen LogP contribution in [0.1, 0.15) is 53.9 Å². The predicted octanol–water partition coefficient (Wildman–Crippen LogP) is 4.64. The van der Waals surface area contributed by atoms with Crippen LogP contribution in [0.25, 0.3) is 0 Å². The van der Waals surface area contributed by atoms with Gasteiger partial charge in [0.15, 0.2) is 0 Å². The van der Waals surface area contributed by atoms with E-state index >= 15 is 0 Å². The smallest absolute Gasteiger partial charge is 0.118 e. The van der Waals surface area contributed by atoms with Crippen molar-refractivity contribution in [1.82, 2.24) is 0 Å². The topological polar surface area (TPSA) is 35.2 Å². The van der Waals surface area contributed by atoms with E-state index in [1.165, 1.54) is 56.1 Å². The van der Waals surface area contributed by atoms with Gasteiger partial charge in [-0.3, -0.25) is 0 Å². The van der Waals surface area contributed by atoms with Crippen LogP contribution in [-0.2, 0) is 19.3 Å². The van der Waals surface area contributed by atoms with Crippen molar-refractivity contribution in [3.05, 3.63) is 64.7 Å². The van der Waals surface area contributed by atoms with Gasteiger partial charge in [0.25, 0.3) is 0 Å². The van der Waals surface area contributed by atoms with E-state index in [0.29, 0.717) is 12.0 Å². The van der Waals surface area contributed by atoms with E-state index in [1.54, 1.807) is 18.2 Å². The Morgan fingerprint density at radius 1 is 1.00 bits per heavy atom. The molecule has 2 aliphatic carbocycles. The molecule has 0 spiro atoms. The Labute approximate surface area is 151 Å². The molecule has 1 fully saturated rings. The lowest BCUT2D eigenvalue weighted by atomic mass is 9.79. The molecular weight excluding hydrogens is 306 g/mol. The highest BCUT2D eigenvalue weighted by molar-refractivity contribution is 5.37. The fourth-order valence-corrected chi connectivity index (χ4v) is 4.69. The van der Waals surface area contributed by atoms with Gasteiger partial charge in [-0.1, -0.05) is 30.3 Å². The molecule has 2 aromatic rings. The number of methoxy groups -OCH3 is 1. The summed E-state index contributed by atoms with van der Waals surface area (Å²) in [5, 5.41) is 0. The molecule has 0 bridgehead atoms. The molecule has 0 amide bonds. The van der Waals surface area contributed by atoms with Crippen molar-refractivity contribution < 1.29 is 4.74 Å². The van der Waals surface area contributed by atoms with Gasteiger partial charge in [-0.25, -0.2) is 0 Å². The number of rotatable bonds is 4. The van der Waals surface area contributed by atoms with Crippen LogP contribution in [0.2, 0.25) is 0 Å². The van der Waals surface area contributed by atoms with Crippen molar-refractivity contribution in [3.63, 3.8) is 0 Å². The summed E-state index contributed by atoms with van der Waals surface area (Å²) in [6.07, 6.45) is 8.52. The minimum Gasteiger partial charge on any atom is -0.497 e. The van der Waals surface area contributed by atoms with Crippen LogP contribution < -0.4 is 10.5 Å². The van der Waals surface area contributed by atoms with E-state index in [4.69, 9.17) is 10.5 Å². The number of aryl methyl sites for hydroxylation is 1. The summed E-state index contributed by atoms with van der Waals surface area (Å²) in [4.78, 5) is 0. The van der Waals surface area contributed by atoms with Gasteiger partial charge in [0, 0.05) is 6.04 Å². The first-order valence-corrected chi connectivity index (χ1v) is 9.71. The quantitative estimate of drug-likeness (QED) is 0.883. The Balaban J connectivity index is 1.42. The molecule has 2 aromatic carbocycles. The van der Waals surface area contributed by atoms with Crippen molar-refractivity contribution in [2.75, 3.05) is 7.11 Å². The highest BCUT2D eigenvalue weighted by Crippen LogP contribution is 2.36. The Bertz CT molecular complexity index is 721. The second kappa shape index (κ2) is 7.21. The first-order valence-electron chi connectivity index (χ1n) is 9.71. The zero-order chi connectivity index (χ0) is 17.2. The zero-order valence-electron chi connectivity index (χ0n) is 15.2. The van der Waals surface area contributed by atoms with Crippen LogP contribution >= 0.6 is 0 Å². The molecule has 1 saturated carbocycles. The predicted molar refractivity (Wildman–Crippen MR) is 103 cm³/mol. The SMILES string of the molecule is COc1ccc(C[C@H]2CCc3cc(C4CCC(N)C4)ccc3C2)cc1. The first kappa shape index (κ1) is 16.7. The van der Waals surface area contributed by atoms with E-state index in [1.807, 2.05) is 0 Å². The highest BCUT2D eigenvalue weighted by Gasteiger charge is 2.25. The Morgan fingerprint density at radius 3 is 2.56 bits per heavy atom. The second-order valence-corrected chi connectivity index (χ2v) is 7.96. The van der Waals surface area contributed by atoms with Crippen LogP contribution in [0.15, 0.2) is 42.5 Å². The molecule has 0 heterocycles. The summed E-state index contributed by atoms with van der Waals surface area (Å²) in [5.41, 5.74) is 12.2. The van der Waals surface area contributed by atoms with Crippen LogP contribution in [0.3, 0.4) is 0 Å². The Morgan fingerprint density at radius 2 is 1.84 bits per heavy atom. The summed E-state index contributed by atoms with van der Waals surface area (Å²) in [5.74, 6) is 2.39. The Hall–Kier alpha value is -1.80. The van der Waals surface area contributed by atoms with Crippen molar-refractivity contribution in [3.8, 4) is 5.75 Å². The maximum absolute atomic E-state index is 6.10. The lowest BCUT2D eigenvalue weighted by Gasteiger charge is -2.26. The molecule has 2 N–H and O–H groups in total. The van der Waals surface area contributed by atoms with Gasteiger partial charge in [-0.15, -0.1) is 0 Å². The van der Waals surface area contributed by atoms with E-state index < -0.39 is 0 Å². The summed E-state index contributed by atoms with van der Waals surface area (Å²) in [6, 6.07) is 16.2. The Kier molecular flexibility index (Phi) is 4.80. The molecule has 132 valence electrons. The van der Waals surface area contributed by atoms with Gasteiger partial charge < -0.3 is 10.5 Å². The standard InChI is InChI=1S/C23H29NO/c1-25-23-10-3-16(4-11-23)12-17-2-5-19-14-20(7-6-18(19)13-17)21-8-9-22(24)15-21/h3-4,6-7,10-11,14,17,21-22H,2,5,8-9,12-13,15,24H2,1H3/t17-,21?,22?/m1/s1. The molecule has 0 aromatic heterocycles. The van der Waals surface area contributed by atoms with Gasteiger partial charge in [-0.2, -0.15) is 0 Å². The molecule has 2 unspecified atom stereocenters. The maximum atomic E-state index is 6.10. The molecule has 2 heteroatoms. The third-order valence-electron chi connectivity index (χ3n) is 6.19. The molecule has 0 saturated heterocycles. The van der Waals surface area contributed by atoms with Gasteiger partial charge in [-0.05, 0) is 91.2 Å². The van der Waals surface area contributed by atoms with E-state index in [0.717, 1.165) is 11.7 Å². The van der Waals surface area contributed by atoms with Crippen molar-refractivity contribution in [1.29, 1.82) is 0 Å². The lowest BCUT2D eigenvalue weighted by Crippen LogP contribution is -2.17. The van der Waals surface area contributed by atoms with E-state index in [9.17, 15) is 0 Å². The van der Waals surface area contributed by atoms with E-state index in [2.05, 4.69) is 42.5 Å². The van der Waals surface area contributed by atoms with Crippen molar-refractivity contribution in [2.24, 2.45) is 11.7 Å². The van der Waals surface area contributed by atoms with Gasteiger partial charge in [0.1, 0.15) is 5.75 Å². The molecule has 3 atom stereocenters. The zero-order valence-corrected chi connectivity index (χ0v) is 15.2. The summed E-state index contributed by atoms with van der Waals surface area (Å²) < 4.78 is 5.26. The lowest BCUT2D eigenvalue weighted by molar-refractivity contribution is 0.414. The highest BCUT2D eigenvalue weighted by atomic mass is 16.5. The summed E-state index contributed by atoms with van der Waals surface area (Å²) in [6.45, 7) is 0. The number of ether oxygens (including phenoxy) is 1. The summed E-state index contributed by atoms with van der Waals surface area (Å²) in [7, 11) is 1.72. The normalized spacial score (nSPS) is 25.6. The third kappa shape index (κ3) is 3.74. The fraction of sp³-hybridized carbons (Fsp3) is 0.478. The minimum atomic E-state index is 0.412.